The minimum Gasteiger partial charge on any atom is -0.359 e. The number of carbonyl (C=O) groups is 3. The molecule has 1 spiro atoms. The monoisotopic (exact) mass is 606 g/mol. The lowest BCUT2D eigenvalue weighted by Crippen LogP contribution is -2.58. The second kappa shape index (κ2) is 13.0. The molecule has 1 aromatic rings. The maximum absolute atomic E-state index is 14.2. The van der Waals surface area contributed by atoms with Crippen molar-refractivity contribution in [2.45, 2.75) is 76.7 Å². The molecular weight excluding hydrogens is 563 g/mol. The number of carbonyl (C=O) groups excluding carboxylic acids is 3. The molecule has 3 amide bonds. The van der Waals surface area contributed by atoms with Gasteiger partial charge < -0.3 is 25.2 Å². The van der Waals surface area contributed by atoms with Crippen LogP contribution in [0.15, 0.2) is 36.4 Å². The fourth-order valence-corrected chi connectivity index (χ4v) is 7.36. The number of rotatable bonds is 10. The van der Waals surface area contributed by atoms with E-state index in [1.165, 1.54) is 0 Å². The summed E-state index contributed by atoms with van der Waals surface area (Å²) in [7, 11) is 2.04. The summed E-state index contributed by atoms with van der Waals surface area (Å²) in [5, 5.41) is 6.76. The SMILES string of the molecule is CCCCN(C)CCN1C(=O)C2C(C(=O)Nc3cccc(Cl)c3)C3C=CC2(O3)C1C(=O)NC1CCCC(C)C1C.Cl. The number of halogens is 2. The first kappa shape index (κ1) is 31.8. The lowest BCUT2D eigenvalue weighted by atomic mass is 9.73. The number of likely N-dealkylation sites (N-methyl/N-ethyl adjacent to an activating group) is 1. The highest BCUT2D eigenvalue weighted by molar-refractivity contribution is 6.30. The molecule has 4 aliphatic rings. The van der Waals surface area contributed by atoms with Crippen LogP contribution < -0.4 is 10.6 Å². The summed E-state index contributed by atoms with van der Waals surface area (Å²) in [6, 6.07) is 6.18. The summed E-state index contributed by atoms with van der Waals surface area (Å²) in [6.07, 6.45) is 8.49. The van der Waals surface area contributed by atoms with E-state index in [0.717, 1.165) is 38.6 Å². The molecule has 5 rings (SSSR count). The van der Waals surface area contributed by atoms with Gasteiger partial charge in [0.1, 0.15) is 11.6 Å². The molecule has 10 heteroatoms. The van der Waals surface area contributed by atoms with Crippen LogP contribution in [-0.4, -0.2) is 78.0 Å². The maximum atomic E-state index is 14.2. The summed E-state index contributed by atoms with van der Waals surface area (Å²) < 4.78 is 6.49. The van der Waals surface area contributed by atoms with Crippen molar-refractivity contribution in [1.82, 2.24) is 15.1 Å². The molecule has 0 radical (unpaired) electrons. The molecule has 8 unspecified atom stereocenters. The van der Waals surface area contributed by atoms with Gasteiger partial charge in [0.25, 0.3) is 0 Å². The molecule has 1 aromatic carbocycles. The Bertz CT molecular complexity index is 1160. The average molecular weight is 608 g/mol. The minimum atomic E-state index is -1.16. The van der Waals surface area contributed by atoms with E-state index in [-0.39, 0.29) is 36.2 Å². The number of nitrogens with zero attached hydrogens (tertiary/aromatic N) is 2. The third-order valence-electron chi connectivity index (χ3n) is 9.67. The zero-order chi connectivity index (χ0) is 28.6. The number of hydrogen-bond acceptors (Lipinski definition) is 5. The molecule has 2 bridgehead atoms. The van der Waals surface area contributed by atoms with E-state index >= 15 is 0 Å². The zero-order valence-corrected chi connectivity index (χ0v) is 26.0. The van der Waals surface area contributed by atoms with Crippen LogP contribution >= 0.6 is 24.0 Å². The van der Waals surface area contributed by atoms with Gasteiger partial charge in [-0.15, -0.1) is 12.4 Å². The Morgan fingerprint density at radius 2 is 1.98 bits per heavy atom. The normalized spacial score (nSPS) is 33.6. The van der Waals surface area contributed by atoms with Crippen molar-refractivity contribution >= 4 is 47.4 Å². The van der Waals surface area contributed by atoms with Crippen molar-refractivity contribution < 1.29 is 19.1 Å². The Morgan fingerprint density at radius 3 is 2.71 bits per heavy atom. The van der Waals surface area contributed by atoms with Crippen LogP contribution in [0.4, 0.5) is 5.69 Å². The first-order chi connectivity index (χ1) is 19.2. The van der Waals surface area contributed by atoms with Gasteiger partial charge in [-0.2, -0.15) is 0 Å². The first-order valence-electron chi connectivity index (χ1n) is 14.9. The Kier molecular flexibility index (Phi) is 10.1. The molecule has 1 aliphatic carbocycles. The number of hydrogen-bond donors (Lipinski definition) is 2. The Morgan fingerprint density at radius 1 is 1.20 bits per heavy atom. The molecule has 2 N–H and O–H groups in total. The number of likely N-dealkylation sites (tertiary alicyclic amines) is 1. The highest BCUT2D eigenvalue weighted by Crippen LogP contribution is 2.55. The largest absolute Gasteiger partial charge is 0.359 e. The second-order valence-corrected chi connectivity index (χ2v) is 12.7. The van der Waals surface area contributed by atoms with Crippen molar-refractivity contribution in [3.8, 4) is 0 Å². The number of nitrogens with one attached hydrogen (secondary N) is 2. The molecule has 2 saturated heterocycles. The minimum absolute atomic E-state index is 0. The van der Waals surface area contributed by atoms with E-state index in [9.17, 15) is 14.4 Å². The predicted molar refractivity (Wildman–Crippen MR) is 163 cm³/mol. The van der Waals surface area contributed by atoms with Crippen LogP contribution in [0.3, 0.4) is 0 Å². The van der Waals surface area contributed by atoms with Crippen LogP contribution in [0.5, 0.6) is 0 Å². The molecule has 8 nitrogen and oxygen atoms in total. The van der Waals surface area contributed by atoms with E-state index in [2.05, 4.69) is 36.3 Å². The molecule has 0 aromatic heterocycles. The van der Waals surface area contributed by atoms with Gasteiger partial charge in [-0.3, -0.25) is 14.4 Å². The smallest absolute Gasteiger partial charge is 0.246 e. The van der Waals surface area contributed by atoms with E-state index in [4.69, 9.17) is 16.3 Å². The van der Waals surface area contributed by atoms with Gasteiger partial charge in [0.15, 0.2) is 0 Å². The Hall–Kier alpha value is -2.13. The third-order valence-corrected chi connectivity index (χ3v) is 9.90. The Labute approximate surface area is 255 Å². The van der Waals surface area contributed by atoms with E-state index in [1.54, 1.807) is 29.2 Å². The molecule has 226 valence electrons. The van der Waals surface area contributed by atoms with Gasteiger partial charge in [-0.1, -0.05) is 69.9 Å². The van der Waals surface area contributed by atoms with Gasteiger partial charge >= 0.3 is 0 Å². The first-order valence-corrected chi connectivity index (χ1v) is 15.3. The van der Waals surface area contributed by atoms with Crippen molar-refractivity contribution in [2.24, 2.45) is 23.7 Å². The fourth-order valence-electron chi connectivity index (χ4n) is 7.17. The molecule has 3 heterocycles. The number of benzene rings is 1. The average Bonchev–Trinajstić information content (AvgIpc) is 3.56. The van der Waals surface area contributed by atoms with Gasteiger partial charge in [0, 0.05) is 29.8 Å². The summed E-state index contributed by atoms with van der Waals surface area (Å²) in [5.41, 5.74) is -0.596. The van der Waals surface area contributed by atoms with Crippen LogP contribution in [0.1, 0.15) is 52.9 Å². The molecule has 1 saturated carbocycles. The van der Waals surface area contributed by atoms with Gasteiger partial charge in [0.2, 0.25) is 17.7 Å². The second-order valence-electron chi connectivity index (χ2n) is 12.3. The van der Waals surface area contributed by atoms with Gasteiger partial charge in [-0.25, -0.2) is 0 Å². The van der Waals surface area contributed by atoms with Crippen LogP contribution in [0, 0.1) is 23.7 Å². The van der Waals surface area contributed by atoms with Crippen LogP contribution in [-0.2, 0) is 19.1 Å². The van der Waals surface area contributed by atoms with Crippen molar-refractivity contribution in [3.05, 3.63) is 41.4 Å². The van der Waals surface area contributed by atoms with E-state index < -0.39 is 29.6 Å². The Balaban J connectivity index is 0.00000387. The standard InChI is InChI=1S/C31H43ClN4O4.ClH/c1-5-6-15-35(4)16-17-36-27(29(38)34-23-12-7-9-19(2)20(23)3)31-14-13-24(40-31)25(26(31)30(36)39)28(37)33-22-11-8-10-21(32)18-22;/h8,10-11,13-14,18-20,23-27H,5-7,9,12,15-17H2,1-4H3,(H,33,37)(H,34,38);1H. The van der Waals surface area contributed by atoms with Gasteiger partial charge in [-0.05, 0) is 56.5 Å². The topological polar surface area (TPSA) is 91.0 Å². The number of ether oxygens (including phenoxy) is 1. The number of anilines is 1. The predicted octanol–water partition coefficient (Wildman–Crippen LogP) is 4.52. The molecular formula is C31H44Cl2N4O4. The highest BCUT2D eigenvalue weighted by Gasteiger charge is 2.72. The quantitative estimate of drug-likeness (QED) is 0.382. The van der Waals surface area contributed by atoms with E-state index in [0.29, 0.717) is 35.6 Å². The lowest BCUT2D eigenvalue weighted by molar-refractivity contribution is -0.141. The molecule has 8 atom stereocenters. The highest BCUT2D eigenvalue weighted by atomic mass is 35.5. The zero-order valence-electron chi connectivity index (χ0n) is 24.5. The van der Waals surface area contributed by atoms with E-state index in [1.807, 2.05) is 19.2 Å². The summed E-state index contributed by atoms with van der Waals surface area (Å²) in [6.45, 7) is 8.55. The lowest BCUT2D eigenvalue weighted by Gasteiger charge is -2.38. The molecule has 3 fully saturated rings. The summed E-state index contributed by atoms with van der Waals surface area (Å²) in [4.78, 5) is 45.8. The van der Waals surface area contributed by atoms with Crippen molar-refractivity contribution in [2.75, 3.05) is 32.0 Å². The summed E-state index contributed by atoms with van der Waals surface area (Å²) >= 11 is 6.13. The fraction of sp³-hybridized carbons (Fsp3) is 0.645. The molecule has 3 aliphatic heterocycles. The van der Waals surface area contributed by atoms with Crippen molar-refractivity contribution in [1.29, 1.82) is 0 Å². The van der Waals surface area contributed by atoms with Gasteiger partial charge in [0.05, 0.1) is 17.9 Å². The van der Waals surface area contributed by atoms with Crippen LogP contribution in [0.2, 0.25) is 5.02 Å². The maximum Gasteiger partial charge on any atom is 0.246 e. The summed E-state index contributed by atoms with van der Waals surface area (Å²) in [5.74, 6) is -1.29. The number of fused-ring (bicyclic) bond motifs is 1. The number of amides is 3. The molecule has 41 heavy (non-hydrogen) atoms. The van der Waals surface area contributed by atoms with Crippen molar-refractivity contribution in [3.63, 3.8) is 0 Å². The number of unbranched alkanes of at least 4 members (excludes halogenated alkanes) is 1. The van der Waals surface area contributed by atoms with Crippen LogP contribution in [0.25, 0.3) is 0 Å². The third kappa shape index (κ3) is 6.03.